The molecular formula is C25H33N3O3. The van der Waals surface area contributed by atoms with E-state index in [0.29, 0.717) is 18.8 Å². The van der Waals surface area contributed by atoms with Crippen LogP contribution in [0.5, 0.6) is 5.75 Å². The molecular weight excluding hydrogens is 390 g/mol. The highest BCUT2D eigenvalue weighted by Crippen LogP contribution is 2.15. The number of carbonyl (C=O) groups is 2. The number of rotatable bonds is 7. The molecule has 0 aromatic heterocycles. The number of nitrogens with zero attached hydrogens (tertiary/aromatic N) is 3. The highest BCUT2D eigenvalue weighted by molar-refractivity contribution is 5.86. The average Bonchev–Trinajstić information content (AvgIpc) is 2.73. The topological polar surface area (TPSA) is 53.1 Å². The smallest absolute Gasteiger partial charge is 0.263 e. The third-order valence-electron chi connectivity index (χ3n) is 5.61. The van der Waals surface area contributed by atoms with Crippen LogP contribution in [-0.4, -0.2) is 72.4 Å². The molecule has 0 N–H and O–H groups in total. The molecule has 0 radical (unpaired) electrons. The second kappa shape index (κ2) is 10.4. The van der Waals surface area contributed by atoms with Crippen LogP contribution in [-0.2, 0) is 16.1 Å². The Morgan fingerprint density at radius 3 is 2.29 bits per heavy atom. The number of hydrogen-bond donors (Lipinski definition) is 0. The Labute approximate surface area is 185 Å². The second-order valence-corrected chi connectivity index (χ2v) is 8.42. The first-order valence-corrected chi connectivity index (χ1v) is 10.9. The molecule has 0 aliphatic carbocycles. The summed E-state index contributed by atoms with van der Waals surface area (Å²) < 4.78 is 5.76. The summed E-state index contributed by atoms with van der Waals surface area (Å²) in [6.07, 6.45) is -0.647. The van der Waals surface area contributed by atoms with E-state index in [1.807, 2.05) is 36.1 Å². The fraction of sp³-hybridized carbons (Fsp3) is 0.440. The van der Waals surface area contributed by atoms with Crippen molar-refractivity contribution in [3.05, 3.63) is 65.2 Å². The third-order valence-corrected chi connectivity index (χ3v) is 5.61. The summed E-state index contributed by atoms with van der Waals surface area (Å²) in [6, 6.07) is 16.1. The molecule has 0 bridgehead atoms. The van der Waals surface area contributed by atoms with E-state index in [-0.39, 0.29) is 18.4 Å². The lowest BCUT2D eigenvalue weighted by Gasteiger charge is -2.35. The molecule has 31 heavy (non-hydrogen) atoms. The lowest BCUT2D eigenvalue weighted by molar-refractivity contribution is -0.143. The lowest BCUT2D eigenvalue weighted by atomic mass is 10.1. The molecule has 166 valence electrons. The number of piperazine rings is 1. The summed E-state index contributed by atoms with van der Waals surface area (Å²) >= 11 is 0. The largest absolute Gasteiger partial charge is 0.481 e. The molecule has 0 spiro atoms. The summed E-state index contributed by atoms with van der Waals surface area (Å²) in [5.74, 6) is 0.437. The first kappa shape index (κ1) is 22.8. The van der Waals surface area contributed by atoms with E-state index in [4.69, 9.17) is 4.74 Å². The number of benzene rings is 2. The van der Waals surface area contributed by atoms with Gasteiger partial charge in [0, 0.05) is 39.8 Å². The highest BCUT2D eigenvalue weighted by Gasteiger charge is 2.25. The van der Waals surface area contributed by atoms with Crippen LogP contribution < -0.4 is 4.74 Å². The Morgan fingerprint density at radius 2 is 1.65 bits per heavy atom. The van der Waals surface area contributed by atoms with Crippen molar-refractivity contribution >= 4 is 11.8 Å². The summed E-state index contributed by atoms with van der Waals surface area (Å²) in [7, 11) is 1.66. The van der Waals surface area contributed by atoms with Crippen molar-refractivity contribution in [3.8, 4) is 5.75 Å². The maximum Gasteiger partial charge on any atom is 0.263 e. The fourth-order valence-corrected chi connectivity index (χ4v) is 3.86. The van der Waals surface area contributed by atoms with Gasteiger partial charge in [-0.25, -0.2) is 0 Å². The minimum absolute atomic E-state index is 0.0196. The summed E-state index contributed by atoms with van der Waals surface area (Å²) in [5, 5.41) is 0. The van der Waals surface area contributed by atoms with E-state index in [1.54, 1.807) is 14.0 Å². The van der Waals surface area contributed by atoms with Crippen LogP contribution in [0.1, 0.15) is 23.6 Å². The van der Waals surface area contributed by atoms with Crippen molar-refractivity contribution in [1.82, 2.24) is 14.7 Å². The van der Waals surface area contributed by atoms with Gasteiger partial charge in [0.1, 0.15) is 5.75 Å². The first-order valence-electron chi connectivity index (χ1n) is 10.9. The number of ether oxygens (including phenoxy) is 1. The van der Waals surface area contributed by atoms with E-state index in [1.165, 1.54) is 16.0 Å². The predicted molar refractivity (Wildman–Crippen MR) is 122 cm³/mol. The van der Waals surface area contributed by atoms with E-state index < -0.39 is 6.10 Å². The monoisotopic (exact) mass is 423 g/mol. The van der Waals surface area contributed by atoms with Gasteiger partial charge in [-0.15, -0.1) is 0 Å². The SMILES string of the molecule is Cc1cccc(CN2CCN(C(=O)CN(C)C(=O)[C@H](C)Oc3cccc(C)c3)CC2)c1. The van der Waals surface area contributed by atoms with Crippen molar-refractivity contribution < 1.29 is 14.3 Å². The van der Waals surface area contributed by atoms with Crippen molar-refractivity contribution in [1.29, 1.82) is 0 Å². The molecule has 0 saturated carbocycles. The van der Waals surface area contributed by atoms with Gasteiger partial charge in [0.05, 0.1) is 6.54 Å². The molecule has 1 heterocycles. The van der Waals surface area contributed by atoms with E-state index in [9.17, 15) is 9.59 Å². The molecule has 1 fully saturated rings. The number of hydrogen-bond acceptors (Lipinski definition) is 4. The van der Waals surface area contributed by atoms with Gasteiger partial charge in [-0.1, -0.05) is 42.0 Å². The molecule has 0 unspecified atom stereocenters. The van der Waals surface area contributed by atoms with Gasteiger partial charge in [-0.05, 0) is 44.0 Å². The molecule has 2 aromatic rings. The number of likely N-dealkylation sites (N-methyl/N-ethyl adjacent to an activating group) is 1. The van der Waals surface area contributed by atoms with E-state index in [2.05, 4.69) is 36.1 Å². The normalized spacial score (nSPS) is 15.4. The minimum Gasteiger partial charge on any atom is -0.481 e. The van der Waals surface area contributed by atoms with Gasteiger partial charge in [0.15, 0.2) is 6.10 Å². The van der Waals surface area contributed by atoms with Crippen LogP contribution in [0.3, 0.4) is 0 Å². The van der Waals surface area contributed by atoms with Crippen LogP contribution >= 0.6 is 0 Å². The van der Waals surface area contributed by atoms with Crippen molar-refractivity contribution in [2.75, 3.05) is 39.8 Å². The van der Waals surface area contributed by atoms with Crippen molar-refractivity contribution in [2.45, 2.75) is 33.4 Å². The Hall–Kier alpha value is -2.86. The summed E-state index contributed by atoms with van der Waals surface area (Å²) in [5.41, 5.74) is 3.63. The Morgan fingerprint density at radius 1 is 1.00 bits per heavy atom. The third kappa shape index (κ3) is 6.56. The van der Waals surface area contributed by atoms with Gasteiger partial charge in [-0.2, -0.15) is 0 Å². The highest BCUT2D eigenvalue weighted by atomic mass is 16.5. The van der Waals surface area contributed by atoms with Crippen LogP contribution in [0.4, 0.5) is 0 Å². The Kier molecular flexibility index (Phi) is 7.69. The van der Waals surface area contributed by atoms with Gasteiger partial charge in [-0.3, -0.25) is 14.5 Å². The summed E-state index contributed by atoms with van der Waals surface area (Å²) in [4.78, 5) is 31.1. The van der Waals surface area contributed by atoms with E-state index in [0.717, 1.165) is 25.2 Å². The Bertz CT molecular complexity index is 906. The number of amides is 2. The fourth-order valence-electron chi connectivity index (χ4n) is 3.86. The average molecular weight is 424 g/mol. The quantitative estimate of drug-likeness (QED) is 0.687. The van der Waals surface area contributed by atoms with Gasteiger partial charge in [0.2, 0.25) is 5.91 Å². The van der Waals surface area contributed by atoms with Crippen molar-refractivity contribution in [3.63, 3.8) is 0 Å². The zero-order valence-electron chi connectivity index (χ0n) is 19.0. The minimum atomic E-state index is -0.647. The molecule has 6 heteroatoms. The summed E-state index contributed by atoms with van der Waals surface area (Å²) in [6.45, 7) is 9.80. The van der Waals surface area contributed by atoms with Gasteiger partial charge >= 0.3 is 0 Å². The molecule has 3 rings (SSSR count). The number of aryl methyl sites for hydroxylation is 2. The Balaban J connectivity index is 1.44. The van der Waals surface area contributed by atoms with Crippen LogP contribution in [0.25, 0.3) is 0 Å². The van der Waals surface area contributed by atoms with Crippen LogP contribution in [0.15, 0.2) is 48.5 Å². The lowest BCUT2D eigenvalue weighted by Crippen LogP contribution is -2.51. The van der Waals surface area contributed by atoms with Crippen LogP contribution in [0, 0.1) is 13.8 Å². The molecule has 1 saturated heterocycles. The molecule has 2 amide bonds. The second-order valence-electron chi connectivity index (χ2n) is 8.42. The molecule has 1 aliphatic heterocycles. The zero-order valence-corrected chi connectivity index (χ0v) is 19.0. The van der Waals surface area contributed by atoms with Gasteiger partial charge in [0.25, 0.3) is 5.91 Å². The standard InChI is InChI=1S/C25H33N3O3/c1-19-7-5-9-22(15-19)17-27-11-13-28(14-12-27)24(29)18-26(4)25(30)21(3)31-23-10-6-8-20(2)16-23/h5-10,15-16,21H,11-14,17-18H2,1-4H3/t21-/m0/s1. The maximum atomic E-state index is 12.7. The van der Waals surface area contributed by atoms with Crippen molar-refractivity contribution in [2.24, 2.45) is 0 Å². The van der Waals surface area contributed by atoms with E-state index >= 15 is 0 Å². The molecule has 1 aliphatic rings. The van der Waals surface area contributed by atoms with Gasteiger partial charge < -0.3 is 14.5 Å². The first-order chi connectivity index (χ1) is 14.8. The molecule has 6 nitrogen and oxygen atoms in total. The predicted octanol–water partition coefficient (Wildman–Crippen LogP) is 2.87. The van der Waals surface area contributed by atoms with Crippen LogP contribution in [0.2, 0.25) is 0 Å². The molecule has 1 atom stereocenters. The molecule has 2 aromatic carbocycles. The maximum absolute atomic E-state index is 12.7. The zero-order chi connectivity index (χ0) is 22.4. The number of carbonyl (C=O) groups excluding carboxylic acids is 2.